The van der Waals surface area contributed by atoms with Crippen molar-refractivity contribution >= 4 is 5.91 Å². The highest BCUT2D eigenvalue weighted by molar-refractivity contribution is 5.75. The molecule has 0 fully saturated rings. The van der Waals surface area contributed by atoms with E-state index in [1.807, 2.05) is 17.9 Å². The smallest absolute Gasteiger partial charge is 0.222 e. The van der Waals surface area contributed by atoms with Crippen LogP contribution < -0.4 is 0 Å². The van der Waals surface area contributed by atoms with Gasteiger partial charge in [0.05, 0.1) is 13.2 Å². The van der Waals surface area contributed by atoms with E-state index in [0.29, 0.717) is 26.1 Å². The number of amides is 1. The van der Waals surface area contributed by atoms with Crippen molar-refractivity contribution in [1.29, 1.82) is 0 Å². The van der Waals surface area contributed by atoms with Gasteiger partial charge in [0.25, 0.3) is 0 Å². The number of carbonyl (C=O) groups is 1. The largest absolute Gasteiger partial charge is 0.383 e. The third kappa shape index (κ3) is 4.96. The summed E-state index contributed by atoms with van der Waals surface area (Å²) in [5.74, 6) is 0.158. The molecule has 23 heavy (non-hydrogen) atoms. The molecule has 0 saturated heterocycles. The number of benzene rings is 1. The van der Waals surface area contributed by atoms with E-state index in [9.17, 15) is 4.79 Å². The minimum absolute atomic E-state index is 0.158. The molecule has 1 heterocycles. The zero-order chi connectivity index (χ0) is 16.7. The number of aromatic nitrogens is 1. The molecule has 1 amide bonds. The number of nitrogens with zero attached hydrogens (tertiary/aromatic N) is 2. The fourth-order valence-electron chi connectivity index (χ4n) is 2.55. The Morgan fingerprint density at radius 2 is 1.96 bits per heavy atom. The van der Waals surface area contributed by atoms with Crippen LogP contribution in [0.25, 0.3) is 0 Å². The lowest BCUT2D eigenvalue weighted by atomic mass is 10.1. The molecular formula is C19H26N2O2. The maximum Gasteiger partial charge on any atom is 0.222 e. The number of hydrogen-bond donors (Lipinski definition) is 0. The van der Waals surface area contributed by atoms with E-state index in [2.05, 4.69) is 48.0 Å². The second kappa shape index (κ2) is 8.53. The summed E-state index contributed by atoms with van der Waals surface area (Å²) in [6, 6.07) is 12.7. The van der Waals surface area contributed by atoms with Gasteiger partial charge in [0.1, 0.15) is 0 Å². The lowest BCUT2D eigenvalue weighted by molar-refractivity contribution is -0.132. The predicted molar refractivity (Wildman–Crippen MR) is 92.3 cm³/mol. The van der Waals surface area contributed by atoms with Crippen molar-refractivity contribution in [2.75, 3.05) is 20.3 Å². The second-order valence-electron chi connectivity index (χ2n) is 5.77. The quantitative estimate of drug-likeness (QED) is 0.750. The summed E-state index contributed by atoms with van der Waals surface area (Å²) in [5.41, 5.74) is 3.67. The third-order valence-corrected chi connectivity index (χ3v) is 3.97. The van der Waals surface area contributed by atoms with Crippen LogP contribution in [0.1, 0.15) is 30.2 Å². The standard InChI is InChI=1S/C19H26N2O2/c1-4-19(22)21(12-13-23-3)15-18-6-5-11-20(18)14-17-9-7-16(2)8-10-17/h5-11H,4,12-15H2,1-3H3. The minimum atomic E-state index is 0.158. The highest BCUT2D eigenvalue weighted by Crippen LogP contribution is 2.12. The van der Waals surface area contributed by atoms with Gasteiger partial charge in [-0.3, -0.25) is 4.79 Å². The van der Waals surface area contributed by atoms with Gasteiger partial charge in [-0.25, -0.2) is 0 Å². The van der Waals surface area contributed by atoms with E-state index in [4.69, 9.17) is 4.74 Å². The zero-order valence-corrected chi connectivity index (χ0v) is 14.3. The van der Waals surface area contributed by atoms with E-state index in [0.717, 1.165) is 12.2 Å². The second-order valence-corrected chi connectivity index (χ2v) is 5.77. The van der Waals surface area contributed by atoms with Crippen LogP contribution in [0.3, 0.4) is 0 Å². The average molecular weight is 314 g/mol. The fourth-order valence-corrected chi connectivity index (χ4v) is 2.55. The summed E-state index contributed by atoms with van der Waals surface area (Å²) in [6.07, 6.45) is 2.59. The summed E-state index contributed by atoms with van der Waals surface area (Å²) in [6.45, 7) is 6.61. The zero-order valence-electron chi connectivity index (χ0n) is 14.3. The van der Waals surface area contributed by atoms with Crippen molar-refractivity contribution in [3.05, 3.63) is 59.4 Å². The van der Waals surface area contributed by atoms with Crippen molar-refractivity contribution in [3.8, 4) is 0 Å². The van der Waals surface area contributed by atoms with E-state index in [1.54, 1.807) is 7.11 Å². The van der Waals surface area contributed by atoms with E-state index in [-0.39, 0.29) is 5.91 Å². The maximum absolute atomic E-state index is 12.1. The Kier molecular flexibility index (Phi) is 6.41. The molecule has 0 aliphatic heterocycles. The normalized spacial score (nSPS) is 10.7. The molecule has 0 atom stereocenters. The van der Waals surface area contributed by atoms with E-state index >= 15 is 0 Å². The van der Waals surface area contributed by atoms with Crippen molar-refractivity contribution in [2.45, 2.75) is 33.4 Å². The molecule has 2 aromatic rings. The first-order valence-corrected chi connectivity index (χ1v) is 8.10. The van der Waals surface area contributed by atoms with Crippen LogP contribution in [0.2, 0.25) is 0 Å². The Labute approximate surface area is 138 Å². The highest BCUT2D eigenvalue weighted by Gasteiger charge is 2.14. The average Bonchev–Trinajstić information content (AvgIpc) is 2.99. The molecule has 0 radical (unpaired) electrons. The molecular weight excluding hydrogens is 288 g/mol. The van der Waals surface area contributed by atoms with Crippen LogP contribution >= 0.6 is 0 Å². The van der Waals surface area contributed by atoms with Gasteiger partial charge in [0.2, 0.25) is 5.91 Å². The Morgan fingerprint density at radius 3 is 2.61 bits per heavy atom. The molecule has 124 valence electrons. The first kappa shape index (κ1) is 17.3. The van der Waals surface area contributed by atoms with Crippen LogP contribution in [0.4, 0.5) is 0 Å². The van der Waals surface area contributed by atoms with Gasteiger partial charge in [-0.05, 0) is 24.6 Å². The third-order valence-electron chi connectivity index (χ3n) is 3.97. The van der Waals surface area contributed by atoms with Crippen molar-refractivity contribution in [1.82, 2.24) is 9.47 Å². The first-order chi connectivity index (χ1) is 11.1. The number of rotatable bonds is 8. The Morgan fingerprint density at radius 1 is 1.22 bits per heavy atom. The molecule has 0 N–H and O–H groups in total. The van der Waals surface area contributed by atoms with Crippen LogP contribution in [-0.2, 0) is 22.6 Å². The first-order valence-electron chi connectivity index (χ1n) is 8.10. The molecule has 2 rings (SSSR count). The maximum atomic E-state index is 12.1. The monoisotopic (exact) mass is 314 g/mol. The molecule has 4 heteroatoms. The fraction of sp³-hybridized carbons (Fsp3) is 0.421. The number of carbonyl (C=O) groups excluding carboxylic acids is 1. The molecule has 0 aliphatic carbocycles. The number of ether oxygens (including phenoxy) is 1. The van der Waals surface area contributed by atoms with Crippen molar-refractivity contribution in [3.63, 3.8) is 0 Å². The molecule has 0 bridgehead atoms. The lowest BCUT2D eigenvalue weighted by Crippen LogP contribution is -2.33. The van der Waals surface area contributed by atoms with Crippen LogP contribution in [0.5, 0.6) is 0 Å². The molecule has 0 spiro atoms. The molecule has 4 nitrogen and oxygen atoms in total. The number of hydrogen-bond acceptors (Lipinski definition) is 2. The minimum Gasteiger partial charge on any atom is -0.383 e. The topological polar surface area (TPSA) is 34.5 Å². The Hall–Kier alpha value is -2.07. The summed E-state index contributed by atoms with van der Waals surface area (Å²) >= 11 is 0. The Bertz CT molecular complexity index is 617. The van der Waals surface area contributed by atoms with Gasteiger partial charge < -0.3 is 14.2 Å². The van der Waals surface area contributed by atoms with E-state index < -0.39 is 0 Å². The SMILES string of the molecule is CCC(=O)N(CCOC)Cc1cccn1Cc1ccc(C)cc1. The summed E-state index contributed by atoms with van der Waals surface area (Å²) in [7, 11) is 1.66. The van der Waals surface area contributed by atoms with Crippen molar-refractivity contribution in [2.24, 2.45) is 0 Å². The van der Waals surface area contributed by atoms with Gasteiger partial charge in [-0.1, -0.05) is 36.8 Å². The number of methoxy groups -OCH3 is 1. The molecule has 0 aliphatic rings. The molecule has 0 unspecified atom stereocenters. The van der Waals surface area contributed by atoms with Gasteiger partial charge in [0, 0.05) is 38.5 Å². The van der Waals surface area contributed by atoms with Gasteiger partial charge in [0.15, 0.2) is 0 Å². The highest BCUT2D eigenvalue weighted by atomic mass is 16.5. The molecule has 1 aromatic carbocycles. The van der Waals surface area contributed by atoms with Gasteiger partial charge >= 0.3 is 0 Å². The lowest BCUT2D eigenvalue weighted by Gasteiger charge is -2.23. The Balaban J connectivity index is 2.09. The van der Waals surface area contributed by atoms with Crippen LogP contribution in [0, 0.1) is 6.92 Å². The van der Waals surface area contributed by atoms with Crippen LogP contribution in [0.15, 0.2) is 42.6 Å². The van der Waals surface area contributed by atoms with E-state index in [1.165, 1.54) is 11.1 Å². The molecule has 1 aromatic heterocycles. The predicted octanol–water partition coefficient (Wildman–Crippen LogP) is 3.23. The van der Waals surface area contributed by atoms with Gasteiger partial charge in [-0.2, -0.15) is 0 Å². The summed E-state index contributed by atoms with van der Waals surface area (Å²) in [5, 5.41) is 0. The number of aryl methyl sites for hydroxylation is 1. The van der Waals surface area contributed by atoms with Crippen molar-refractivity contribution < 1.29 is 9.53 Å². The summed E-state index contributed by atoms with van der Waals surface area (Å²) in [4.78, 5) is 14.0. The molecule has 0 saturated carbocycles. The van der Waals surface area contributed by atoms with Crippen LogP contribution in [-0.4, -0.2) is 35.6 Å². The summed E-state index contributed by atoms with van der Waals surface area (Å²) < 4.78 is 7.32. The van der Waals surface area contributed by atoms with Gasteiger partial charge in [-0.15, -0.1) is 0 Å².